The molecule has 0 spiro atoms. The SMILES string of the molecule is CC(C)(C)c1cc(-c2ccccc2-n2c3ccccc3c3c4c(ccc32)oc2ccccc24)c2oc3c(C(C)(C)C)cc(C(C)(C)C)cc3c2c1. The van der Waals surface area contributed by atoms with E-state index in [0.717, 1.165) is 61.0 Å². The van der Waals surface area contributed by atoms with Crippen LogP contribution in [0.2, 0.25) is 0 Å². The van der Waals surface area contributed by atoms with E-state index in [-0.39, 0.29) is 16.2 Å². The Morgan fingerprint density at radius 2 is 1.06 bits per heavy atom. The van der Waals surface area contributed by atoms with Gasteiger partial charge >= 0.3 is 0 Å². The first-order valence-electron chi connectivity index (χ1n) is 18.2. The number of fused-ring (bicyclic) bond motifs is 10. The summed E-state index contributed by atoms with van der Waals surface area (Å²) in [6.45, 7) is 20.7. The second-order valence-corrected chi connectivity index (χ2v) is 17.5. The summed E-state index contributed by atoms with van der Waals surface area (Å²) >= 11 is 0. The average Bonchev–Trinajstić information content (AvgIpc) is 3.75. The van der Waals surface area contributed by atoms with Crippen molar-refractivity contribution in [3.8, 4) is 16.8 Å². The van der Waals surface area contributed by atoms with Gasteiger partial charge in [0.2, 0.25) is 0 Å². The first-order valence-corrected chi connectivity index (χ1v) is 18.2. The van der Waals surface area contributed by atoms with Gasteiger partial charge in [-0.1, -0.05) is 123 Å². The summed E-state index contributed by atoms with van der Waals surface area (Å²) in [7, 11) is 0. The molecule has 3 aromatic heterocycles. The topological polar surface area (TPSA) is 31.2 Å². The molecule has 3 heteroatoms. The van der Waals surface area contributed by atoms with Crippen molar-refractivity contribution in [3.05, 3.63) is 126 Å². The highest BCUT2D eigenvalue weighted by Crippen LogP contribution is 2.47. The van der Waals surface area contributed by atoms with Crippen molar-refractivity contribution in [1.29, 1.82) is 0 Å². The zero-order chi connectivity index (χ0) is 35.6. The first-order chi connectivity index (χ1) is 24.2. The quantitative estimate of drug-likeness (QED) is 0.184. The van der Waals surface area contributed by atoms with Gasteiger partial charge in [-0.25, -0.2) is 0 Å². The largest absolute Gasteiger partial charge is 0.456 e. The Balaban J connectivity index is 1.42. The third-order valence-electron chi connectivity index (χ3n) is 10.8. The van der Waals surface area contributed by atoms with Crippen molar-refractivity contribution < 1.29 is 8.83 Å². The normalized spacial score (nSPS) is 13.2. The van der Waals surface area contributed by atoms with Crippen molar-refractivity contribution in [2.24, 2.45) is 0 Å². The smallest absolute Gasteiger partial charge is 0.143 e. The molecule has 0 N–H and O–H groups in total. The number of nitrogens with zero attached hydrogens (tertiary/aromatic N) is 1. The molecule has 0 amide bonds. The lowest BCUT2D eigenvalue weighted by Crippen LogP contribution is -2.16. The maximum absolute atomic E-state index is 7.15. The minimum Gasteiger partial charge on any atom is -0.456 e. The third kappa shape index (κ3) is 4.78. The second kappa shape index (κ2) is 10.6. The van der Waals surface area contributed by atoms with E-state index in [2.05, 4.69) is 170 Å². The van der Waals surface area contributed by atoms with E-state index < -0.39 is 0 Å². The van der Waals surface area contributed by atoms with Crippen LogP contribution in [-0.4, -0.2) is 4.57 Å². The fraction of sp³-hybridized carbons (Fsp3) is 0.250. The van der Waals surface area contributed by atoms with Gasteiger partial charge in [0.05, 0.1) is 16.7 Å². The number of para-hydroxylation sites is 3. The average molecular weight is 668 g/mol. The summed E-state index contributed by atoms with van der Waals surface area (Å²) in [5.41, 5.74) is 13.1. The molecule has 9 rings (SSSR count). The summed E-state index contributed by atoms with van der Waals surface area (Å²) < 4.78 is 16.0. The van der Waals surface area contributed by atoms with Crippen molar-refractivity contribution in [2.75, 3.05) is 0 Å². The van der Waals surface area contributed by atoms with Crippen LogP contribution in [0.15, 0.2) is 118 Å². The first kappa shape index (κ1) is 31.7. The third-order valence-corrected chi connectivity index (χ3v) is 10.8. The van der Waals surface area contributed by atoms with Crippen LogP contribution in [0.3, 0.4) is 0 Å². The van der Waals surface area contributed by atoms with E-state index in [0.29, 0.717) is 0 Å². The molecule has 3 heterocycles. The van der Waals surface area contributed by atoms with Crippen molar-refractivity contribution >= 4 is 65.7 Å². The summed E-state index contributed by atoms with van der Waals surface area (Å²) in [5, 5.41) is 7.09. The van der Waals surface area contributed by atoms with Gasteiger partial charge in [-0.05, 0) is 75.9 Å². The Hall–Kier alpha value is -5.28. The van der Waals surface area contributed by atoms with Crippen molar-refractivity contribution in [3.63, 3.8) is 0 Å². The van der Waals surface area contributed by atoms with E-state index in [4.69, 9.17) is 8.83 Å². The summed E-state index contributed by atoms with van der Waals surface area (Å²) in [4.78, 5) is 0. The second-order valence-electron chi connectivity index (χ2n) is 17.5. The fourth-order valence-electron chi connectivity index (χ4n) is 8.03. The number of hydrogen-bond acceptors (Lipinski definition) is 2. The molecule has 0 saturated heterocycles. The molecule has 0 radical (unpaired) electrons. The van der Waals surface area contributed by atoms with Crippen molar-refractivity contribution in [2.45, 2.75) is 78.6 Å². The van der Waals surface area contributed by atoms with Crippen LogP contribution in [0.1, 0.15) is 79.0 Å². The Bertz CT molecular complexity index is 2850. The minimum atomic E-state index is -0.0934. The summed E-state index contributed by atoms with van der Waals surface area (Å²) in [6, 6.07) is 39.9. The highest BCUT2D eigenvalue weighted by Gasteiger charge is 2.29. The number of benzene rings is 6. The molecule has 6 aromatic carbocycles. The Morgan fingerprint density at radius 1 is 0.431 bits per heavy atom. The zero-order valence-corrected chi connectivity index (χ0v) is 31.2. The number of aromatic nitrogens is 1. The minimum absolute atomic E-state index is 0.00286. The Labute approximate surface area is 299 Å². The molecule has 0 aliphatic rings. The van der Waals surface area contributed by atoms with Gasteiger partial charge in [0.25, 0.3) is 0 Å². The van der Waals surface area contributed by atoms with Gasteiger partial charge in [-0.15, -0.1) is 0 Å². The highest BCUT2D eigenvalue weighted by molar-refractivity contribution is 6.27. The van der Waals surface area contributed by atoms with Crippen LogP contribution < -0.4 is 0 Å². The van der Waals surface area contributed by atoms with Crippen LogP contribution in [0.5, 0.6) is 0 Å². The van der Waals surface area contributed by atoms with E-state index in [9.17, 15) is 0 Å². The van der Waals surface area contributed by atoms with Gasteiger partial charge in [0, 0.05) is 49.0 Å². The van der Waals surface area contributed by atoms with Gasteiger partial charge in [0.15, 0.2) is 0 Å². The lowest BCUT2D eigenvalue weighted by atomic mass is 9.79. The predicted molar refractivity (Wildman–Crippen MR) is 217 cm³/mol. The van der Waals surface area contributed by atoms with Gasteiger partial charge in [-0.3, -0.25) is 0 Å². The lowest BCUT2D eigenvalue weighted by molar-refractivity contribution is 0.559. The molecule has 9 aromatic rings. The molecule has 0 bridgehead atoms. The lowest BCUT2D eigenvalue weighted by Gasteiger charge is -2.25. The fourth-order valence-corrected chi connectivity index (χ4v) is 8.03. The molecule has 0 aliphatic carbocycles. The molecule has 0 unspecified atom stereocenters. The standard InChI is InChI=1S/C48H45NO2/c1-46(2,3)28-24-33(44-34(25-28)35-26-29(47(4,5)6)27-36(45(35)51-44)48(7,8)9)30-16-10-13-19-37(30)49-38-20-14-11-17-31(38)42-39(49)22-23-41-43(42)32-18-12-15-21-40(32)50-41/h10-27H,1-9H3. The van der Waals surface area contributed by atoms with Crippen LogP contribution in [0.4, 0.5) is 0 Å². The van der Waals surface area contributed by atoms with E-state index in [1.54, 1.807) is 0 Å². The van der Waals surface area contributed by atoms with Crippen LogP contribution in [-0.2, 0) is 16.2 Å². The summed E-state index contributed by atoms with van der Waals surface area (Å²) in [6.07, 6.45) is 0. The molecule has 51 heavy (non-hydrogen) atoms. The Morgan fingerprint density at radius 3 is 1.78 bits per heavy atom. The maximum atomic E-state index is 7.15. The molecule has 0 saturated carbocycles. The van der Waals surface area contributed by atoms with Crippen molar-refractivity contribution in [1.82, 2.24) is 4.57 Å². The monoisotopic (exact) mass is 667 g/mol. The number of hydrogen-bond donors (Lipinski definition) is 0. The summed E-state index contributed by atoms with van der Waals surface area (Å²) in [5.74, 6) is 0. The molecule has 0 fully saturated rings. The molecular formula is C48H45NO2. The Kier molecular flexibility index (Phi) is 6.60. The highest BCUT2D eigenvalue weighted by atomic mass is 16.3. The zero-order valence-electron chi connectivity index (χ0n) is 31.2. The number of rotatable bonds is 2. The van der Waals surface area contributed by atoms with Gasteiger partial charge < -0.3 is 13.4 Å². The van der Waals surface area contributed by atoms with E-state index in [1.165, 1.54) is 38.2 Å². The van der Waals surface area contributed by atoms with Crippen LogP contribution in [0.25, 0.3) is 82.5 Å². The molecule has 3 nitrogen and oxygen atoms in total. The predicted octanol–water partition coefficient (Wildman–Crippen LogP) is 14.1. The van der Waals surface area contributed by atoms with E-state index >= 15 is 0 Å². The van der Waals surface area contributed by atoms with Crippen LogP contribution in [0, 0.1) is 0 Å². The molecule has 0 aliphatic heterocycles. The van der Waals surface area contributed by atoms with E-state index in [1.807, 2.05) is 6.07 Å². The van der Waals surface area contributed by atoms with Gasteiger partial charge in [-0.2, -0.15) is 0 Å². The molecule has 254 valence electrons. The number of furan rings is 2. The molecule has 0 atom stereocenters. The molecular weight excluding hydrogens is 623 g/mol. The maximum Gasteiger partial charge on any atom is 0.143 e. The van der Waals surface area contributed by atoms with Gasteiger partial charge in [0.1, 0.15) is 22.3 Å². The van der Waals surface area contributed by atoms with Crippen LogP contribution >= 0.6 is 0 Å².